The van der Waals surface area contributed by atoms with Crippen LogP contribution in [0.5, 0.6) is 5.75 Å². The summed E-state index contributed by atoms with van der Waals surface area (Å²) in [6, 6.07) is 6.56. The number of amides is 1. The summed E-state index contributed by atoms with van der Waals surface area (Å²) in [5.41, 5.74) is 0.949. The number of benzene rings is 1. The highest BCUT2D eigenvalue weighted by molar-refractivity contribution is 5.73. The highest BCUT2D eigenvalue weighted by Crippen LogP contribution is 2.21. The van der Waals surface area contributed by atoms with Crippen molar-refractivity contribution in [2.75, 3.05) is 31.1 Å². The molecule has 1 heterocycles. The molecule has 2 rings (SSSR count). The molecule has 19 heavy (non-hydrogen) atoms. The van der Waals surface area contributed by atoms with E-state index in [9.17, 15) is 13.6 Å². The van der Waals surface area contributed by atoms with Gasteiger partial charge in [-0.15, -0.1) is 0 Å². The molecule has 104 valence electrons. The molecule has 0 bridgehead atoms. The average Bonchev–Trinajstić information content (AvgIpc) is 2.39. The van der Waals surface area contributed by atoms with E-state index in [1.165, 1.54) is 12.1 Å². The van der Waals surface area contributed by atoms with Gasteiger partial charge >= 0.3 is 6.61 Å². The smallest absolute Gasteiger partial charge is 0.387 e. The second-order valence-electron chi connectivity index (χ2n) is 4.37. The minimum Gasteiger partial charge on any atom is -0.435 e. The van der Waals surface area contributed by atoms with Gasteiger partial charge < -0.3 is 14.5 Å². The van der Waals surface area contributed by atoms with Crippen molar-refractivity contribution in [1.82, 2.24) is 4.90 Å². The SMILES string of the molecule is CC(=O)N1CCN(c2ccc(OC(F)F)cc2)CC1. The largest absolute Gasteiger partial charge is 0.435 e. The molecule has 1 fully saturated rings. The van der Waals surface area contributed by atoms with Crippen molar-refractivity contribution in [2.45, 2.75) is 13.5 Å². The summed E-state index contributed by atoms with van der Waals surface area (Å²) < 4.78 is 28.3. The molecule has 0 N–H and O–H groups in total. The van der Waals surface area contributed by atoms with Crippen molar-refractivity contribution in [2.24, 2.45) is 0 Å². The maximum atomic E-state index is 12.0. The zero-order valence-electron chi connectivity index (χ0n) is 10.7. The number of piperazine rings is 1. The molecule has 0 aromatic heterocycles. The van der Waals surface area contributed by atoms with E-state index in [1.807, 2.05) is 0 Å². The lowest BCUT2D eigenvalue weighted by Gasteiger charge is -2.35. The van der Waals surface area contributed by atoms with Crippen LogP contribution in [-0.2, 0) is 4.79 Å². The summed E-state index contributed by atoms with van der Waals surface area (Å²) in [5, 5.41) is 0. The van der Waals surface area contributed by atoms with E-state index in [2.05, 4.69) is 9.64 Å². The molecular weight excluding hydrogens is 254 g/mol. The van der Waals surface area contributed by atoms with Gasteiger partial charge in [0.2, 0.25) is 5.91 Å². The van der Waals surface area contributed by atoms with E-state index in [0.29, 0.717) is 13.1 Å². The van der Waals surface area contributed by atoms with Crippen LogP contribution in [0, 0.1) is 0 Å². The molecule has 0 aliphatic carbocycles. The molecule has 0 spiro atoms. The van der Waals surface area contributed by atoms with Crippen LogP contribution in [0.25, 0.3) is 0 Å². The van der Waals surface area contributed by atoms with Gasteiger partial charge in [0, 0.05) is 38.8 Å². The van der Waals surface area contributed by atoms with E-state index >= 15 is 0 Å². The Morgan fingerprint density at radius 3 is 2.21 bits per heavy atom. The van der Waals surface area contributed by atoms with Gasteiger partial charge in [-0.25, -0.2) is 0 Å². The third kappa shape index (κ3) is 3.56. The number of carbonyl (C=O) groups is 1. The van der Waals surface area contributed by atoms with E-state index < -0.39 is 6.61 Å². The second kappa shape index (κ2) is 5.86. The molecule has 6 heteroatoms. The number of hydrogen-bond donors (Lipinski definition) is 0. The minimum absolute atomic E-state index is 0.0836. The van der Waals surface area contributed by atoms with Crippen molar-refractivity contribution in [3.05, 3.63) is 24.3 Å². The summed E-state index contributed by atoms with van der Waals surface area (Å²) in [4.78, 5) is 15.1. The van der Waals surface area contributed by atoms with Gasteiger partial charge in [0.1, 0.15) is 5.75 Å². The van der Waals surface area contributed by atoms with E-state index in [-0.39, 0.29) is 11.7 Å². The van der Waals surface area contributed by atoms with Gasteiger partial charge in [-0.3, -0.25) is 4.79 Å². The van der Waals surface area contributed by atoms with Crippen LogP contribution in [0.2, 0.25) is 0 Å². The Hall–Kier alpha value is -1.85. The average molecular weight is 270 g/mol. The van der Waals surface area contributed by atoms with Crippen molar-refractivity contribution in [3.63, 3.8) is 0 Å². The summed E-state index contributed by atoms with van der Waals surface area (Å²) in [5.74, 6) is 0.237. The van der Waals surface area contributed by atoms with Crippen LogP contribution in [0.4, 0.5) is 14.5 Å². The first-order chi connectivity index (χ1) is 9.06. The summed E-state index contributed by atoms with van der Waals surface area (Å²) in [7, 11) is 0. The number of nitrogens with zero attached hydrogens (tertiary/aromatic N) is 2. The third-order valence-corrected chi connectivity index (χ3v) is 3.15. The number of hydrogen-bond acceptors (Lipinski definition) is 3. The lowest BCUT2D eigenvalue weighted by Crippen LogP contribution is -2.48. The van der Waals surface area contributed by atoms with Crippen LogP contribution >= 0.6 is 0 Å². The Morgan fingerprint density at radius 2 is 1.74 bits per heavy atom. The lowest BCUT2D eigenvalue weighted by molar-refractivity contribution is -0.129. The molecular formula is C13H16F2N2O2. The van der Waals surface area contributed by atoms with Crippen LogP contribution in [0.1, 0.15) is 6.92 Å². The predicted octanol–water partition coefficient (Wildman–Crippen LogP) is 1.96. The molecule has 1 aliphatic heterocycles. The first-order valence-electron chi connectivity index (χ1n) is 6.11. The summed E-state index contributed by atoms with van der Waals surface area (Å²) in [6.07, 6.45) is 0. The quantitative estimate of drug-likeness (QED) is 0.841. The number of carbonyl (C=O) groups excluding carboxylic acids is 1. The number of rotatable bonds is 3. The Balaban J connectivity index is 1.94. The topological polar surface area (TPSA) is 32.8 Å². The first-order valence-corrected chi connectivity index (χ1v) is 6.11. The zero-order valence-corrected chi connectivity index (χ0v) is 10.7. The van der Waals surface area contributed by atoms with E-state index in [4.69, 9.17) is 0 Å². The van der Waals surface area contributed by atoms with Gasteiger partial charge in [-0.1, -0.05) is 0 Å². The molecule has 1 aromatic rings. The molecule has 1 saturated heterocycles. The first kappa shape index (κ1) is 13.6. The Kier molecular flexibility index (Phi) is 4.19. The number of halogens is 2. The minimum atomic E-state index is -2.80. The third-order valence-electron chi connectivity index (χ3n) is 3.15. The summed E-state index contributed by atoms with van der Waals surface area (Å²) >= 11 is 0. The maximum absolute atomic E-state index is 12.0. The van der Waals surface area contributed by atoms with Crippen LogP contribution in [0.15, 0.2) is 24.3 Å². The molecule has 1 aromatic carbocycles. The zero-order chi connectivity index (χ0) is 13.8. The van der Waals surface area contributed by atoms with Crippen LogP contribution in [-0.4, -0.2) is 43.6 Å². The van der Waals surface area contributed by atoms with Gasteiger partial charge in [-0.2, -0.15) is 8.78 Å². The molecule has 0 unspecified atom stereocenters. The standard InChI is InChI=1S/C13H16F2N2O2/c1-10(18)16-6-8-17(9-7-16)11-2-4-12(5-3-11)19-13(14)15/h2-5,13H,6-9H2,1H3. The number of anilines is 1. The van der Waals surface area contributed by atoms with Crippen LogP contribution < -0.4 is 9.64 Å². The van der Waals surface area contributed by atoms with Crippen molar-refractivity contribution in [3.8, 4) is 5.75 Å². The highest BCUT2D eigenvalue weighted by atomic mass is 19.3. The van der Waals surface area contributed by atoms with Crippen molar-refractivity contribution in [1.29, 1.82) is 0 Å². The van der Waals surface area contributed by atoms with Gasteiger partial charge in [0.25, 0.3) is 0 Å². The normalized spacial score (nSPS) is 15.8. The fraction of sp³-hybridized carbons (Fsp3) is 0.462. The molecule has 0 atom stereocenters. The predicted molar refractivity (Wildman–Crippen MR) is 67.5 cm³/mol. The fourth-order valence-electron chi connectivity index (χ4n) is 2.12. The summed E-state index contributed by atoms with van der Waals surface area (Å²) in [6.45, 7) is 1.62. The fourth-order valence-corrected chi connectivity index (χ4v) is 2.12. The number of alkyl halides is 2. The molecule has 1 amide bonds. The van der Waals surface area contributed by atoms with Crippen LogP contribution in [0.3, 0.4) is 0 Å². The van der Waals surface area contributed by atoms with E-state index in [0.717, 1.165) is 18.8 Å². The second-order valence-corrected chi connectivity index (χ2v) is 4.37. The molecule has 1 aliphatic rings. The van der Waals surface area contributed by atoms with Crippen molar-refractivity contribution < 1.29 is 18.3 Å². The van der Waals surface area contributed by atoms with Gasteiger partial charge in [0.15, 0.2) is 0 Å². The Bertz CT molecular complexity index is 429. The molecule has 4 nitrogen and oxygen atoms in total. The molecule has 0 saturated carbocycles. The van der Waals surface area contributed by atoms with Crippen molar-refractivity contribution >= 4 is 11.6 Å². The monoisotopic (exact) mass is 270 g/mol. The van der Waals surface area contributed by atoms with Gasteiger partial charge in [-0.05, 0) is 24.3 Å². The van der Waals surface area contributed by atoms with E-state index in [1.54, 1.807) is 24.0 Å². The number of ether oxygens (including phenoxy) is 1. The van der Waals surface area contributed by atoms with Gasteiger partial charge in [0.05, 0.1) is 0 Å². The Labute approximate surface area is 110 Å². The maximum Gasteiger partial charge on any atom is 0.387 e. The molecule has 0 radical (unpaired) electrons. The Morgan fingerprint density at radius 1 is 1.16 bits per heavy atom. The lowest BCUT2D eigenvalue weighted by atomic mass is 10.2. The highest BCUT2D eigenvalue weighted by Gasteiger charge is 2.18.